The third-order valence-electron chi connectivity index (χ3n) is 6.05. The first-order valence-electron chi connectivity index (χ1n) is 9.37. The fourth-order valence-electron chi connectivity index (χ4n) is 4.93. The van der Waals surface area contributed by atoms with Gasteiger partial charge in [-0.05, 0) is 43.2 Å². The van der Waals surface area contributed by atoms with E-state index in [0.29, 0.717) is 60.4 Å². The number of carbonyl (C=O) groups is 2. The van der Waals surface area contributed by atoms with Crippen molar-refractivity contribution < 1.29 is 14.0 Å². The van der Waals surface area contributed by atoms with E-state index in [1.165, 1.54) is 0 Å². The Balaban J connectivity index is 1.34. The van der Waals surface area contributed by atoms with Gasteiger partial charge in [-0.2, -0.15) is 5.10 Å². The van der Waals surface area contributed by atoms with Gasteiger partial charge in [0.1, 0.15) is 5.69 Å². The number of aromatic nitrogens is 2. The molecule has 136 valence electrons. The molecule has 1 N–H and O–H groups in total. The molecule has 0 aromatic carbocycles. The maximum absolute atomic E-state index is 13.0. The number of rotatable bonds is 2. The van der Waals surface area contributed by atoms with Crippen LogP contribution in [0.3, 0.4) is 0 Å². The number of likely N-dealkylation sites (tertiary alicyclic amines) is 1. The van der Waals surface area contributed by atoms with E-state index in [4.69, 9.17) is 4.42 Å². The first-order valence-corrected chi connectivity index (χ1v) is 9.37. The molecule has 3 aliphatic rings. The highest BCUT2D eigenvalue weighted by Crippen LogP contribution is 2.38. The van der Waals surface area contributed by atoms with Gasteiger partial charge in [0.05, 0.1) is 6.26 Å². The molecule has 0 radical (unpaired) electrons. The van der Waals surface area contributed by atoms with Gasteiger partial charge in [0, 0.05) is 38.2 Å². The highest BCUT2D eigenvalue weighted by Gasteiger charge is 2.45. The van der Waals surface area contributed by atoms with E-state index < -0.39 is 0 Å². The van der Waals surface area contributed by atoms with Crippen LogP contribution in [0.1, 0.15) is 36.2 Å². The summed E-state index contributed by atoms with van der Waals surface area (Å²) in [5.74, 6) is 1.69. The summed E-state index contributed by atoms with van der Waals surface area (Å²) in [6.07, 6.45) is 5.44. The number of amides is 2. The molecule has 0 aliphatic carbocycles. The van der Waals surface area contributed by atoms with Crippen LogP contribution in [0.15, 0.2) is 28.9 Å². The molecule has 2 amide bonds. The fraction of sp³-hybridized carbons (Fsp3) is 0.526. The highest BCUT2D eigenvalue weighted by molar-refractivity contribution is 5.93. The van der Waals surface area contributed by atoms with Crippen LogP contribution in [-0.2, 0) is 4.79 Å². The Kier molecular flexibility index (Phi) is 3.62. The first kappa shape index (κ1) is 15.7. The molecule has 26 heavy (non-hydrogen) atoms. The fourth-order valence-corrected chi connectivity index (χ4v) is 4.93. The zero-order valence-corrected chi connectivity index (χ0v) is 14.6. The molecular weight excluding hydrogens is 332 g/mol. The Labute approximate surface area is 151 Å². The first-order chi connectivity index (χ1) is 12.7. The van der Waals surface area contributed by atoms with Crippen LogP contribution in [0.2, 0.25) is 0 Å². The number of furan rings is 1. The van der Waals surface area contributed by atoms with Crippen molar-refractivity contribution in [2.45, 2.75) is 31.7 Å². The molecule has 0 unspecified atom stereocenters. The molecule has 7 nitrogen and oxygen atoms in total. The maximum Gasteiger partial charge on any atom is 0.274 e. The highest BCUT2D eigenvalue weighted by atomic mass is 16.3. The largest absolute Gasteiger partial charge is 0.463 e. The molecule has 7 heteroatoms. The molecule has 3 aliphatic heterocycles. The Morgan fingerprint density at radius 2 is 2.23 bits per heavy atom. The van der Waals surface area contributed by atoms with Crippen molar-refractivity contribution in [1.29, 1.82) is 0 Å². The minimum absolute atomic E-state index is 0.0376. The quantitative estimate of drug-likeness (QED) is 0.896. The summed E-state index contributed by atoms with van der Waals surface area (Å²) in [5, 5.41) is 7.08. The van der Waals surface area contributed by atoms with Gasteiger partial charge in [0.2, 0.25) is 5.91 Å². The van der Waals surface area contributed by atoms with Crippen molar-refractivity contribution in [2.75, 3.05) is 19.6 Å². The Morgan fingerprint density at radius 1 is 1.31 bits per heavy atom. The van der Waals surface area contributed by atoms with Gasteiger partial charge >= 0.3 is 0 Å². The molecular formula is C19H22N4O3. The summed E-state index contributed by atoms with van der Waals surface area (Å²) in [7, 11) is 0. The lowest BCUT2D eigenvalue weighted by Gasteiger charge is -2.52. The normalized spacial score (nSPS) is 28.2. The van der Waals surface area contributed by atoms with Crippen LogP contribution in [0, 0.1) is 11.8 Å². The van der Waals surface area contributed by atoms with Crippen LogP contribution >= 0.6 is 0 Å². The molecule has 5 heterocycles. The zero-order valence-electron chi connectivity index (χ0n) is 14.6. The van der Waals surface area contributed by atoms with E-state index in [9.17, 15) is 9.59 Å². The van der Waals surface area contributed by atoms with Crippen molar-refractivity contribution in [1.82, 2.24) is 20.0 Å². The third-order valence-corrected chi connectivity index (χ3v) is 6.05. The summed E-state index contributed by atoms with van der Waals surface area (Å²) in [4.78, 5) is 29.2. The molecule has 2 bridgehead atoms. The number of hydrogen-bond acceptors (Lipinski definition) is 4. The molecule has 0 spiro atoms. The smallest absolute Gasteiger partial charge is 0.274 e. The van der Waals surface area contributed by atoms with Gasteiger partial charge in [-0.15, -0.1) is 0 Å². The second kappa shape index (κ2) is 6.00. The molecule has 2 aromatic rings. The molecule has 0 saturated carbocycles. The van der Waals surface area contributed by atoms with Gasteiger partial charge in [0.15, 0.2) is 11.5 Å². The topological polar surface area (TPSA) is 82.4 Å². The lowest BCUT2D eigenvalue weighted by Crippen LogP contribution is -2.61. The zero-order chi connectivity index (χ0) is 17.7. The van der Waals surface area contributed by atoms with E-state index in [1.54, 1.807) is 18.4 Å². The number of nitrogens with one attached hydrogen (secondary N) is 1. The standard InChI is InChI=1S/C19H22N4O3/c24-18-5-1-3-16-13-7-12(10-23(16)18)9-22(11-13)19(25)15-8-14(20-21-15)17-4-2-6-26-17/h2,4,6,8,12-13,16H,1,3,5,7,9-11H2,(H,20,21)/t12-,13+,16+/m1/s1. The number of piperidine rings is 3. The summed E-state index contributed by atoms with van der Waals surface area (Å²) >= 11 is 0. The average molecular weight is 354 g/mol. The van der Waals surface area contributed by atoms with E-state index in [0.717, 1.165) is 25.8 Å². The third kappa shape index (κ3) is 2.53. The number of aromatic amines is 1. The Hall–Kier alpha value is -2.57. The second-order valence-electron chi connectivity index (χ2n) is 7.72. The van der Waals surface area contributed by atoms with Crippen LogP contribution in [0.25, 0.3) is 11.5 Å². The number of H-pyrrole nitrogens is 1. The summed E-state index contributed by atoms with van der Waals surface area (Å²) in [6, 6.07) is 5.70. The van der Waals surface area contributed by atoms with Crippen LogP contribution in [0.5, 0.6) is 0 Å². The Bertz CT molecular complexity index is 828. The number of hydrogen-bond donors (Lipinski definition) is 1. The van der Waals surface area contributed by atoms with Crippen LogP contribution < -0.4 is 0 Å². The van der Waals surface area contributed by atoms with Gasteiger partial charge in [-0.25, -0.2) is 0 Å². The maximum atomic E-state index is 13.0. The molecule has 5 rings (SSSR count). The van der Waals surface area contributed by atoms with Crippen LogP contribution in [0.4, 0.5) is 0 Å². The van der Waals surface area contributed by atoms with Crippen molar-refractivity contribution >= 4 is 11.8 Å². The molecule has 3 atom stereocenters. The van der Waals surface area contributed by atoms with E-state index in [2.05, 4.69) is 15.1 Å². The molecule has 3 saturated heterocycles. The summed E-state index contributed by atoms with van der Waals surface area (Å²) in [5.41, 5.74) is 1.13. The van der Waals surface area contributed by atoms with Gasteiger partial charge in [-0.3, -0.25) is 14.7 Å². The van der Waals surface area contributed by atoms with Crippen molar-refractivity contribution in [3.05, 3.63) is 30.2 Å². The minimum Gasteiger partial charge on any atom is -0.463 e. The lowest BCUT2D eigenvalue weighted by atomic mass is 9.76. The second-order valence-corrected chi connectivity index (χ2v) is 7.72. The predicted molar refractivity (Wildman–Crippen MR) is 93.1 cm³/mol. The van der Waals surface area contributed by atoms with Gasteiger partial charge in [0.25, 0.3) is 5.91 Å². The minimum atomic E-state index is -0.0376. The van der Waals surface area contributed by atoms with Crippen molar-refractivity contribution in [2.24, 2.45) is 11.8 Å². The van der Waals surface area contributed by atoms with Gasteiger partial charge in [-0.1, -0.05) is 0 Å². The monoisotopic (exact) mass is 354 g/mol. The van der Waals surface area contributed by atoms with Crippen LogP contribution in [-0.4, -0.2) is 57.5 Å². The molecule has 3 fully saturated rings. The number of nitrogens with zero attached hydrogens (tertiary/aromatic N) is 3. The Morgan fingerprint density at radius 3 is 3.08 bits per heavy atom. The SMILES string of the molecule is O=C(c1cc(-c2ccco2)[nH]n1)N1C[C@H]2C[C@@H](C1)[C@@H]1CCCC(=O)N1C2. The number of fused-ring (bicyclic) bond motifs is 4. The average Bonchev–Trinajstić information content (AvgIpc) is 3.33. The summed E-state index contributed by atoms with van der Waals surface area (Å²) < 4.78 is 5.35. The van der Waals surface area contributed by atoms with Crippen molar-refractivity contribution in [3.63, 3.8) is 0 Å². The number of carbonyl (C=O) groups excluding carboxylic acids is 2. The molecule has 2 aromatic heterocycles. The van der Waals surface area contributed by atoms with E-state index in [1.807, 2.05) is 11.0 Å². The predicted octanol–water partition coefficient (Wildman–Crippen LogP) is 2.14. The van der Waals surface area contributed by atoms with E-state index >= 15 is 0 Å². The van der Waals surface area contributed by atoms with Gasteiger partial charge < -0.3 is 14.2 Å². The lowest BCUT2D eigenvalue weighted by molar-refractivity contribution is -0.144. The van der Waals surface area contributed by atoms with Crippen molar-refractivity contribution in [3.8, 4) is 11.5 Å². The summed E-state index contributed by atoms with van der Waals surface area (Å²) in [6.45, 7) is 2.21. The van der Waals surface area contributed by atoms with E-state index in [-0.39, 0.29) is 5.91 Å².